The van der Waals surface area contributed by atoms with E-state index < -0.39 is 11.9 Å². The van der Waals surface area contributed by atoms with Gasteiger partial charge in [-0.15, -0.1) is 0 Å². The van der Waals surface area contributed by atoms with Crippen LogP contribution in [0, 0.1) is 0 Å². The highest BCUT2D eigenvalue weighted by atomic mass is 16.6. The van der Waals surface area contributed by atoms with Gasteiger partial charge >= 0.3 is 0 Å². The van der Waals surface area contributed by atoms with Crippen molar-refractivity contribution in [2.75, 3.05) is 139 Å². The fourth-order valence-electron chi connectivity index (χ4n) is 3.54. The molecule has 0 aliphatic carbocycles. The molecule has 1 unspecified atom stereocenters. The van der Waals surface area contributed by atoms with Crippen LogP contribution in [0.25, 0.3) is 0 Å². The van der Waals surface area contributed by atoms with Crippen molar-refractivity contribution in [3.8, 4) is 0 Å². The Morgan fingerprint density at radius 3 is 1.26 bits per heavy atom. The van der Waals surface area contributed by atoms with Gasteiger partial charge in [0, 0.05) is 32.5 Å². The van der Waals surface area contributed by atoms with E-state index >= 15 is 0 Å². The van der Waals surface area contributed by atoms with Crippen LogP contribution in [0.1, 0.15) is 32.1 Å². The number of carbonyl (C=O) groups is 3. The lowest BCUT2D eigenvalue weighted by molar-refractivity contribution is -0.128. The summed E-state index contributed by atoms with van der Waals surface area (Å²) in [4.78, 5) is 35.9. The van der Waals surface area contributed by atoms with Crippen molar-refractivity contribution in [1.29, 1.82) is 0 Å². The third-order valence-corrected chi connectivity index (χ3v) is 6.09. The summed E-state index contributed by atoms with van der Waals surface area (Å²) < 4.78 is 43.1. The van der Waals surface area contributed by atoms with Gasteiger partial charge in [0.15, 0.2) is 0 Å². The first-order chi connectivity index (χ1) is 22.5. The Labute approximate surface area is 274 Å². The molecule has 0 spiro atoms. The zero-order chi connectivity index (χ0) is 33.8. The molecule has 0 heterocycles. The molecule has 16 nitrogen and oxygen atoms in total. The Bertz CT molecular complexity index is 710. The van der Waals surface area contributed by atoms with Gasteiger partial charge in [-0.05, 0) is 33.4 Å². The molecule has 0 saturated carbocycles. The maximum atomic E-state index is 12.2. The average molecular weight is 668 g/mol. The van der Waals surface area contributed by atoms with Crippen LogP contribution in [0.5, 0.6) is 0 Å². The lowest BCUT2D eigenvalue weighted by Crippen LogP contribution is -2.44. The lowest BCUT2D eigenvalue weighted by Gasteiger charge is -2.15. The van der Waals surface area contributed by atoms with Crippen LogP contribution in [0.3, 0.4) is 0 Å². The van der Waals surface area contributed by atoms with E-state index in [0.29, 0.717) is 125 Å². The van der Waals surface area contributed by atoms with Crippen molar-refractivity contribution < 1.29 is 52.3 Å². The van der Waals surface area contributed by atoms with E-state index in [1.807, 2.05) is 14.1 Å². The summed E-state index contributed by atoms with van der Waals surface area (Å²) in [7, 11) is 3.75. The summed E-state index contributed by atoms with van der Waals surface area (Å²) in [6.45, 7) is 9.46. The minimum absolute atomic E-state index is 0.104. The molecule has 46 heavy (non-hydrogen) atoms. The second kappa shape index (κ2) is 35.9. The van der Waals surface area contributed by atoms with E-state index in [4.69, 9.17) is 43.6 Å². The first-order valence-corrected chi connectivity index (χ1v) is 16.3. The number of hydrogen-bond donors (Lipinski definition) is 5. The Balaban J connectivity index is 3.59. The number of nitrogens with one attached hydrogen (secondary N) is 4. The molecular weight excluding hydrogens is 606 g/mol. The zero-order valence-corrected chi connectivity index (χ0v) is 28.1. The molecule has 6 N–H and O–H groups in total. The highest BCUT2D eigenvalue weighted by Gasteiger charge is 2.17. The molecule has 272 valence electrons. The van der Waals surface area contributed by atoms with E-state index in [2.05, 4.69) is 21.3 Å². The van der Waals surface area contributed by atoms with Crippen LogP contribution in [0.4, 0.5) is 0 Å². The van der Waals surface area contributed by atoms with Crippen molar-refractivity contribution >= 4 is 17.7 Å². The summed E-state index contributed by atoms with van der Waals surface area (Å²) in [6.07, 6.45) is 1.98. The van der Waals surface area contributed by atoms with Crippen LogP contribution in [0.2, 0.25) is 0 Å². The molecule has 0 rings (SSSR count). The molecular formula is C30H61N5O11. The predicted molar refractivity (Wildman–Crippen MR) is 172 cm³/mol. The normalized spacial score (nSPS) is 11.9. The fraction of sp³-hybridized carbons (Fsp3) is 0.900. The first kappa shape index (κ1) is 44.0. The highest BCUT2D eigenvalue weighted by Crippen LogP contribution is 2.01. The third kappa shape index (κ3) is 33.4. The van der Waals surface area contributed by atoms with Crippen molar-refractivity contribution in [2.45, 2.75) is 38.1 Å². The second-order valence-electron chi connectivity index (χ2n) is 9.97. The zero-order valence-electron chi connectivity index (χ0n) is 28.1. The molecule has 0 aromatic rings. The lowest BCUT2D eigenvalue weighted by atomic mass is 10.1. The van der Waals surface area contributed by atoms with Crippen molar-refractivity contribution in [3.63, 3.8) is 0 Å². The average Bonchev–Trinajstić information content (AvgIpc) is 3.04. The summed E-state index contributed by atoms with van der Waals surface area (Å²) >= 11 is 0. The molecule has 3 amide bonds. The number of rotatable bonds is 37. The number of likely N-dealkylation sites (N-methyl/N-ethyl adjacent to an activating group) is 2. The summed E-state index contributed by atoms with van der Waals surface area (Å²) in [5.41, 5.74) is 5.45. The topological polar surface area (TPSA) is 199 Å². The number of hydrogen-bond acceptors (Lipinski definition) is 13. The van der Waals surface area contributed by atoms with Crippen molar-refractivity contribution in [3.05, 3.63) is 0 Å². The Hall–Kier alpha value is -1.99. The monoisotopic (exact) mass is 667 g/mol. The Morgan fingerprint density at radius 2 is 0.870 bits per heavy atom. The molecule has 0 saturated heterocycles. The summed E-state index contributed by atoms with van der Waals surface area (Å²) in [5.74, 6) is -1.04. The van der Waals surface area contributed by atoms with E-state index in [1.165, 1.54) is 0 Å². The molecule has 16 heteroatoms. The molecule has 0 aliphatic heterocycles. The number of primary amides is 1. The van der Waals surface area contributed by atoms with Crippen LogP contribution in [0.15, 0.2) is 0 Å². The van der Waals surface area contributed by atoms with Gasteiger partial charge in [0.05, 0.1) is 106 Å². The van der Waals surface area contributed by atoms with Gasteiger partial charge < -0.3 is 64.9 Å². The number of unbranched alkanes of at least 4 members (excludes halogenated alkanes) is 1. The van der Waals surface area contributed by atoms with E-state index in [-0.39, 0.29) is 31.3 Å². The number of ether oxygens (including phenoxy) is 8. The van der Waals surface area contributed by atoms with Crippen molar-refractivity contribution in [1.82, 2.24) is 21.3 Å². The summed E-state index contributed by atoms with van der Waals surface area (Å²) in [6, 6.07) is -0.773. The quantitative estimate of drug-likeness (QED) is 0.0485. The predicted octanol–water partition coefficient (Wildman–Crippen LogP) is -1.41. The summed E-state index contributed by atoms with van der Waals surface area (Å²) in [5, 5.41) is 11.5. The SMILES string of the molecule is CNCCOCCOCCOCCOCCC(=O)NCCCCC(NC(=O)CCOCCOCCOCCOCCNC)C(N)=O. The van der Waals surface area contributed by atoms with Gasteiger partial charge in [-0.25, -0.2) is 0 Å². The largest absolute Gasteiger partial charge is 0.379 e. The second-order valence-corrected chi connectivity index (χ2v) is 9.97. The molecule has 0 fully saturated rings. The molecule has 0 aromatic carbocycles. The highest BCUT2D eigenvalue weighted by molar-refractivity contribution is 5.86. The van der Waals surface area contributed by atoms with E-state index in [9.17, 15) is 14.4 Å². The molecule has 1 atom stereocenters. The molecule has 0 aliphatic rings. The minimum Gasteiger partial charge on any atom is -0.379 e. The van der Waals surface area contributed by atoms with E-state index in [1.54, 1.807) is 0 Å². The van der Waals surface area contributed by atoms with Crippen LogP contribution in [-0.4, -0.2) is 163 Å². The van der Waals surface area contributed by atoms with Gasteiger partial charge in [-0.2, -0.15) is 0 Å². The van der Waals surface area contributed by atoms with Gasteiger partial charge in [0.1, 0.15) is 6.04 Å². The standard InChI is InChI=1S/C30H61N5O11/c1-32-9-13-41-17-21-45-25-23-43-19-15-39-11-6-28(36)34-8-4-3-5-27(30(31)38)35-29(37)7-12-40-16-20-44-24-26-46-22-18-42-14-10-33-2/h27,32-33H,3-26H2,1-2H3,(H2,31,38)(H,34,36)(H,35,37). The maximum absolute atomic E-state index is 12.2. The fourth-order valence-corrected chi connectivity index (χ4v) is 3.54. The van der Waals surface area contributed by atoms with Gasteiger partial charge in [-0.3, -0.25) is 14.4 Å². The number of nitrogens with two attached hydrogens (primary N) is 1. The maximum Gasteiger partial charge on any atom is 0.239 e. The third-order valence-electron chi connectivity index (χ3n) is 6.09. The van der Waals surface area contributed by atoms with Gasteiger partial charge in [0.2, 0.25) is 17.7 Å². The van der Waals surface area contributed by atoms with Crippen molar-refractivity contribution in [2.24, 2.45) is 5.73 Å². The van der Waals surface area contributed by atoms with Crippen LogP contribution >= 0.6 is 0 Å². The number of amides is 3. The minimum atomic E-state index is -0.773. The van der Waals surface area contributed by atoms with Gasteiger partial charge in [-0.1, -0.05) is 0 Å². The van der Waals surface area contributed by atoms with Crippen LogP contribution in [-0.2, 0) is 52.3 Å². The van der Waals surface area contributed by atoms with Crippen LogP contribution < -0.4 is 27.0 Å². The molecule has 0 aromatic heterocycles. The first-order valence-electron chi connectivity index (χ1n) is 16.3. The smallest absolute Gasteiger partial charge is 0.239 e. The Morgan fingerprint density at radius 1 is 0.500 bits per heavy atom. The number of carbonyl (C=O) groups excluding carboxylic acids is 3. The molecule has 0 bridgehead atoms. The van der Waals surface area contributed by atoms with E-state index in [0.717, 1.165) is 13.1 Å². The Kier molecular flexibility index (Phi) is 34.3. The van der Waals surface area contributed by atoms with Gasteiger partial charge in [0.25, 0.3) is 0 Å². The molecule has 0 radical (unpaired) electrons.